The fraction of sp³-hybridized carbons (Fsp3) is 0.217. The van der Waals surface area contributed by atoms with E-state index >= 15 is 0 Å². The fourth-order valence-electron chi connectivity index (χ4n) is 3.91. The molecule has 4 aromatic rings. The van der Waals surface area contributed by atoms with E-state index in [2.05, 4.69) is 58.2 Å². The first-order chi connectivity index (χ1) is 13.5. The van der Waals surface area contributed by atoms with E-state index in [0.29, 0.717) is 11.4 Å². The molecule has 2 N–H and O–H groups in total. The monoisotopic (exact) mass is 372 g/mol. The highest BCUT2D eigenvalue weighted by Crippen LogP contribution is 2.33. The minimum atomic E-state index is -0.150. The Bertz CT molecular complexity index is 1180. The second kappa shape index (κ2) is 7.00. The van der Waals surface area contributed by atoms with Gasteiger partial charge in [0.25, 0.3) is 5.91 Å². The van der Waals surface area contributed by atoms with Gasteiger partial charge in [-0.25, -0.2) is 0 Å². The summed E-state index contributed by atoms with van der Waals surface area (Å²) in [6.45, 7) is 9.07. The number of anilines is 1. The van der Waals surface area contributed by atoms with Crippen LogP contribution in [0.5, 0.6) is 0 Å². The molecule has 0 saturated carbocycles. The third-order valence-electron chi connectivity index (χ3n) is 5.24. The number of aromatic nitrogens is 3. The lowest BCUT2D eigenvalue weighted by atomic mass is 10.1. The molecule has 0 aliphatic rings. The highest BCUT2D eigenvalue weighted by Gasteiger charge is 2.17. The Balaban J connectivity index is 1.68. The van der Waals surface area contributed by atoms with Crippen molar-refractivity contribution in [3.05, 3.63) is 70.8 Å². The summed E-state index contributed by atoms with van der Waals surface area (Å²) in [4.78, 5) is 12.7. The zero-order chi connectivity index (χ0) is 19.8. The van der Waals surface area contributed by atoms with Gasteiger partial charge < -0.3 is 9.88 Å². The lowest BCUT2D eigenvalue weighted by Gasteiger charge is -2.07. The van der Waals surface area contributed by atoms with E-state index in [-0.39, 0.29) is 5.91 Å². The standard InChI is InChI=1S/C23H24N4O/c1-5-27-20-9-7-6-8-18(20)16(4)22(27)19-13-21(26-25-19)24-23(28)17-11-10-14(2)12-15(17)3/h6-13H,5H2,1-4H3,(H2,24,25,26,28). The summed E-state index contributed by atoms with van der Waals surface area (Å²) in [5, 5.41) is 11.6. The zero-order valence-electron chi connectivity index (χ0n) is 16.6. The number of amides is 1. The van der Waals surface area contributed by atoms with E-state index in [1.807, 2.05) is 38.1 Å². The molecule has 0 radical (unpaired) electrons. The number of carbonyl (C=O) groups is 1. The van der Waals surface area contributed by atoms with Crippen molar-refractivity contribution < 1.29 is 4.79 Å². The third kappa shape index (κ3) is 2.99. The molecule has 0 fully saturated rings. The zero-order valence-corrected chi connectivity index (χ0v) is 16.6. The second-order valence-corrected chi connectivity index (χ2v) is 7.17. The van der Waals surface area contributed by atoms with Crippen LogP contribution in [0.4, 0.5) is 5.82 Å². The number of para-hydroxylation sites is 1. The first-order valence-electron chi connectivity index (χ1n) is 9.51. The van der Waals surface area contributed by atoms with E-state index in [1.54, 1.807) is 0 Å². The molecule has 28 heavy (non-hydrogen) atoms. The Morgan fingerprint density at radius 3 is 2.64 bits per heavy atom. The summed E-state index contributed by atoms with van der Waals surface area (Å²) >= 11 is 0. The van der Waals surface area contributed by atoms with E-state index in [1.165, 1.54) is 16.5 Å². The lowest BCUT2D eigenvalue weighted by Crippen LogP contribution is -2.13. The number of aryl methyl sites for hydroxylation is 4. The Labute approximate surface area is 164 Å². The summed E-state index contributed by atoms with van der Waals surface area (Å²) < 4.78 is 2.27. The van der Waals surface area contributed by atoms with Crippen LogP contribution in [0, 0.1) is 20.8 Å². The van der Waals surface area contributed by atoms with Crippen LogP contribution in [0.2, 0.25) is 0 Å². The molecular weight excluding hydrogens is 348 g/mol. The molecule has 5 nitrogen and oxygen atoms in total. The van der Waals surface area contributed by atoms with Gasteiger partial charge in [-0.1, -0.05) is 35.9 Å². The number of nitrogens with zero attached hydrogens (tertiary/aromatic N) is 2. The third-order valence-corrected chi connectivity index (χ3v) is 5.24. The smallest absolute Gasteiger partial charge is 0.257 e. The SMILES string of the molecule is CCn1c(-c2cc(NC(=O)c3ccc(C)cc3C)n[nH]2)c(C)c2ccccc21. The van der Waals surface area contributed by atoms with Gasteiger partial charge in [-0.05, 0) is 51.0 Å². The normalized spacial score (nSPS) is 11.1. The molecule has 0 aliphatic carbocycles. The molecule has 2 aromatic heterocycles. The molecule has 142 valence electrons. The quantitative estimate of drug-likeness (QED) is 0.515. The molecule has 0 bridgehead atoms. The number of benzene rings is 2. The minimum Gasteiger partial charge on any atom is -0.339 e. The maximum Gasteiger partial charge on any atom is 0.257 e. The van der Waals surface area contributed by atoms with Gasteiger partial charge in [0.05, 0.1) is 11.4 Å². The second-order valence-electron chi connectivity index (χ2n) is 7.17. The summed E-state index contributed by atoms with van der Waals surface area (Å²) in [7, 11) is 0. The molecule has 0 atom stereocenters. The van der Waals surface area contributed by atoms with Crippen LogP contribution in [0.15, 0.2) is 48.5 Å². The number of nitrogens with one attached hydrogen (secondary N) is 2. The Hall–Kier alpha value is -3.34. The van der Waals surface area contributed by atoms with Crippen molar-refractivity contribution in [3.63, 3.8) is 0 Å². The number of fused-ring (bicyclic) bond motifs is 1. The molecule has 5 heteroatoms. The van der Waals surface area contributed by atoms with Gasteiger partial charge >= 0.3 is 0 Å². The van der Waals surface area contributed by atoms with Crippen LogP contribution in [0.25, 0.3) is 22.3 Å². The van der Waals surface area contributed by atoms with E-state index in [4.69, 9.17) is 0 Å². The van der Waals surface area contributed by atoms with Gasteiger partial charge in [0, 0.05) is 29.1 Å². The molecule has 0 saturated heterocycles. The highest BCUT2D eigenvalue weighted by atomic mass is 16.1. The van der Waals surface area contributed by atoms with Crippen molar-refractivity contribution in [1.29, 1.82) is 0 Å². The minimum absolute atomic E-state index is 0.150. The van der Waals surface area contributed by atoms with Crippen molar-refractivity contribution in [3.8, 4) is 11.4 Å². The van der Waals surface area contributed by atoms with Gasteiger partial charge in [0.1, 0.15) is 0 Å². The first kappa shape index (κ1) is 18.0. The number of hydrogen-bond acceptors (Lipinski definition) is 2. The maximum absolute atomic E-state index is 12.7. The molecule has 2 heterocycles. The predicted octanol–water partition coefficient (Wildman–Crippen LogP) is 5.23. The van der Waals surface area contributed by atoms with Crippen molar-refractivity contribution in [1.82, 2.24) is 14.8 Å². The molecule has 0 unspecified atom stereocenters. The lowest BCUT2D eigenvalue weighted by molar-refractivity contribution is 0.102. The van der Waals surface area contributed by atoms with Crippen molar-refractivity contribution in [2.45, 2.75) is 34.2 Å². The highest BCUT2D eigenvalue weighted by molar-refractivity contribution is 6.05. The molecule has 4 rings (SSSR count). The molecule has 1 amide bonds. The largest absolute Gasteiger partial charge is 0.339 e. The van der Waals surface area contributed by atoms with Gasteiger partial charge in [-0.15, -0.1) is 0 Å². The molecular formula is C23H24N4O. The number of hydrogen-bond donors (Lipinski definition) is 2. The van der Waals surface area contributed by atoms with E-state index in [0.717, 1.165) is 29.1 Å². The van der Waals surface area contributed by atoms with Gasteiger partial charge in [0.15, 0.2) is 5.82 Å². The predicted molar refractivity (Wildman–Crippen MR) is 114 cm³/mol. The van der Waals surface area contributed by atoms with Crippen LogP contribution in [0.1, 0.15) is 34.0 Å². The molecule has 2 aromatic carbocycles. The number of aromatic amines is 1. The van der Waals surface area contributed by atoms with E-state index in [9.17, 15) is 4.79 Å². The Morgan fingerprint density at radius 2 is 1.89 bits per heavy atom. The Kier molecular flexibility index (Phi) is 4.51. The summed E-state index contributed by atoms with van der Waals surface area (Å²) in [5.41, 5.74) is 7.15. The van der Waals surface area contributed by atoms with Crippen LogP contribution in [0.3, 0.4) is 0 Å². The summed E-state index contributed by atoms with van der Waals surface area (Å²) in [5.74, 6) is 0.371. The number of H-pyrrole nitrogens is 1. The van der Waals surface area contributed by atoms with Gasteiger partial charge in [0.2, 0.25) is 0 Å². The Morgan fingerprint density at radius 1 is 1.11 bits per heavy atom. The average Bonchev–Trinajstić information content (AvgIpc) is 3.23. The van der Waals surface area contributed by atoms with Gasteiger partial charge in [-0.3, -0.25) is 9.89 Å². The maximum atomic E-state index is 12.7. The van der Waals surface area contributed by atoms with Crippen molar-refractivity contribution >= 4 is 22.6 Å². The van der Waals surface area contributed by atoms with E-state index < -0.39 is 0 Å². The van der Waals surface area contributed by atoms with Crippen LogP contribution >= 0.6 is 0 Å². The molecule has 0 spiro atoms. The first-order valence-corrected chi connectivity index (χ1v) is 9.51. The molecule has 0 aliphatic heterocycles. The van der Waals surface area contributed by atoms with Crippen LogP contribution in [-0.2, 0) is 6.54 Å². The number of carbonyl (C=O) groups excluding carboxylic acids is 1. The van der Waals surface area contributed by atoms with Crippen LogP contribution in [-0.4, -0.2) is 20.7 Å². The van der Waals surface area contributed by atoms with Crippen LogP contribution < -0.4 is 5.32 Å². The number of rotatable bonds is 4. The fourth-order valence-corrected chi connectivity index (χ4v) is 3.91. The topological polar surface area (TPSA) is 62.7 Å². The van der Waals surface area contributed by atoms with Crippen molar-refractivity contribution in [2.75, 3.05) is 5.32 Å². The van der Waals surface area contributed by atoms with Crippen molar-refractivity contribution in [2.24, 2.45) is 0 Å². The average molecular weight is 372 g/mol. The summed E-state index contributed by atoms with van der Waals surface area (Å²) in [6.07, 6.45) is 0. The summed E-state index contributed by atoms with van der Waals surface area (Å²) in [6, 6.07) is 16.1. The van der Waals surface area contributed by atoms with Gasteiger partial charge in [-0.2, -0.15) is 5.10 Å².